The molecular formula is C29H56. The first-order valence-corrected chi connectivity index (χ1v) is 14.3. The molecule has 2 aliphatic rings. The molecule has 0 amide bonds. The maximum Gasteiger partial charge on any atom is -0.0386 e. The summed E-state index contributed by atoms with van der Waals surface area (Å²) in [6.45, 7) is 4.64. The molecule has 2 fully saturated rings. The third-order valence-electron chi connectivity index (χ3n) is 8.63. The molecule has 0 bridgehead atoms. The molecule has 0 saturated heterocycles. The van der Waals surface area contributed by atoms with Gasteiger partial charge in [-0.1, -0.05) is 136 Å². The van der Waals surface area contributed by atoms with Gasteiger partial charge in [0.15, 0.2) is 0 Å². The molecule has 0 N–H and O–H groups in total. The van der Waals surface area contributed by atoms with Crippen LogP contribution in [0.25, 0.3) is 0 Å². The van der Waals surface area contributed by atoms with Gasteiger partial charge in [-0.15, -0.1) is 0 Å². The summed E-state index contributed by atoms with van der Waals surface area (Å²) < 4.78 is 0. The summed E-state index contributed by atoms with van der Waals surface area (Å²) in [6.07, 6.45) is 34.8. The van der Waals surface area contributed by atoms with E-state index in [9.17, 15) is 0 Å². The van der Waals surface area contributed by atoms with Gasteiger partial charge in [0.1, 0.15) is 0 Å². The van der Waals surface area contributed by atoms with Crippen LogP contribution in [0, 0.1) is 23.7 Å². The van der Waals surface area contributed by atoms with Crippen molar-refractivity contribution in [2.75, 3.05) is 0 Å². The van der Waals surface area contributed by atoms with Crippen LogP contribution in [0.15, 0.2) is 0 Å². The lowest BCUT2D eigenvalue weighted by molar-refractivity contribution is 0.139. The average molecular weight is 405 g/mol. The summed E-state index contributed by atoms with van der Waals surface area (Å²) in [4.78, 5) is 0. The number of unbranched alkanes of at least 4 members (excludes halogenated alkanes) is 11. The molecule has 0 aromatic heterocycles. The summed E-state index contributed by atoms with van der Waals surface area (Å²) in [7, 11) is 0. The molecule has 0 radical (unpaired) electrons. The summed E-state index contributed by atoms with van der Waals surface area (Å²) in [5.41, 5.74) is 0. The van der Waals surface area contributed by atoms with Gasteiger partial charge in [0.05, 0.1) is 0 Å². The van der Waals surface area contributed by atoms with Crippen molar-refractivity contribution < 1.29 is 0 Å². The number of hydrogen-bond donors (Lipinski definition) is 0. The zero-order chi connectivity index (χ0) is 20.6. The highest BCUT2D eigenvalue weighted by atomic mass is 14.4. The number of rotatable bonds is 16. The standard InChI is InChI=1S/C29H56/c1-3-5-7-9-11-13-15-17-27-20-24-29(25-21-27)28-22-18-26(19-23-28)16-14-12-10-8-6-4-2/h26-29H,3-25H2,1-2H3. The highest BCUT2D eigenvalue weighted by molar-refractivity contribution is 4.82. The monoisotopic (exact) mass is 404 g/mol. The maximum atomic E-state index is 2.32. The van der Waals surface area contributed by atoms with Crippen molar-refractivity contribution in [3.05, 3.63) is 0 Å². The van der Waals surface area contributed by atoms with E-state index < -0.39 is 0 Å². The SMILES string of the molecule is CCCCCCCCCC1CCC(C2CCC(CCCCCCCC)CC2)CC1. The van der Waals surface area contributed by atoms with E-state index in [0.717, 1.165) is 23.7 Å². The zero-order valence-electron chi connectivity index (χ0n) is 20.6. The molecule has 2 rings (SSSR count). The quantitative estimate of drug-likeness (QED) is 0.224. The fourth-order valence-electron chi connectivity index (χ4n) is 6.50. The van der Waals surface area contributed by atoms with Crippen LogP contribution in [0.1, 0.15) is 162 Å². The van der Waals surface area contributed by atoms with E-state index in [1.54, 1.807) is 64.2 Å². The van der Waals surface area contributed by atoms with Crippen molar-refractivity contribution in [3.63, 3.8) is 0 Å². The molecule has 0 aromatic carbocycles. The van der Waals surface area contributed by atoms with Crippen molar-refractivity contribution >= 4 is 0 Å². The average Bonchev–Trinajstić information content (AvgIpc) is 2.76. The van der Waals surface area contributed by atoms with Gasteiger partial charge in [-0.3, -0.25) is 0 Å². The van der Waals surface area contributed by atoms with Crippen molar-refractivity contribution in [1.82, 2.24) is 0 Å². The third-order valence-corrected chi connectivity index (χ3v) is 8.63. The molecule has 0 spiro atoms. The minimum absolute atomic E-state index is 1.09. The summed E-state index contributed by atoms with van der Waals surface area (Å²) in [5, 5.41) is 0. The molecule has 0 heterocycles. The normalized spacial score (nSPS) is 27.9. The lowest BCUT2D eigenvalue weighted by atomic mass is 9.68. The van der Waals surface area contributed by atoms with E-state index in [4.69, 9.17) is 0 Å². The molecule has 0 aromatic rings. The predicted octanol–water partition coefficient (Wildman–Crippen LogP) is 10.5. The summed E-state index contributed by atoms with van der Waals surface area (Å²) >= 11 is 0. The molecule has 2 saturated carbocycles. The fourth-order valence-corrected chi connectivity index (χ4v) is 6.50. The number of hydrogen-bond acceptors (Lipinski definition) is 0. The Balaban J connectivity index is 1.45. The first-order valence-electron chi connectivity index (χ1n) is 14.3. The van der Waals surface area contributed by atoms with Crippen molar-refractivity contribution in [3.8, 4) is 0 Å². The highest BCUT2D eigenvalue weighted by Crippen LogP contribution is 2.43. The Bertz CT molecular complexity index is 343. The van der Waals surface area contributed by atoms with E-state index in [1.807, 2.05) is 0 Å². The molecule has 0 atom stereocenters. The minimum Gasteiger partial charge on any atom is -0.0654 e. The smallest absolute Gasteiger partial charge is 0.0386 e. The van der Waals surface area contributed by atoms with Gasteiger partial charge in [-0.05, 0) is 49.4 Å². The predicted molar refractivity (Wildman–Crippen MR) is 131 cm³/mol. The first kappa shape index (κ1) is 25.3. The van der Waals surface area contributed by atoms with Gasteiger partial charge in [0, 0.05) is 0 Å². The topological polar surface area (TPSA) is 0 Å². The largest absolute Gasteiger partial charge is 0.0654 e. The molecule has 0 nitrogen and oxygen atoms in total. The van der Waals surface area contributed by atoms with E-state index >= 15 is 0 Å². The first-order chi connectivity index (χ1) is 14.3. The Kier molecular flexibility index (Phi) is 14.5. The van der Waals surface area contributed by atoms with E-state index in [0.29, 0.717) is 0 Å². The Hall–Kier alpha value is 0. The molecule has 0 unspecified atom stereocenters. The Morgan fingerprint density at radius 1 is 0.379 bits per heavy atom. The lowest BCUT2D eigenvalue weighted by Gasteiger charge is -2.38. The molecule has 0 heteroatoms. The Morgan fingerprint density at radius 2 is 0.690 bits per heavy atom. The lowest BCUT2D eigenvalue weighted by Crippen LogP contribution is -2.25. The van der Waals surface area contributed by atoms with Gasteiger partial charge in [0.25, 0.3) is 0 Å². The molecule has 172 valence electrons. The molecule has 2 aliphatic carbocycles. The Morgan fingerprint density at radius 3 is 1.03 bits per heavy atom. The van der Waals surface area contributed by atoms with Crippen LogP contribution in [-0.4, -0.2) is 0 Å². The fraction of sp³-hybridized carbons (Fsp3) is 1.00. The van der Waals surface area contributed by atoms with E-state index in [2.05, 4.69) is 13.8 Å². The maximum absolute atomic E-state index is 2.32. The molecular weight excluding hydrogens is 348 g/mol. The zero-order valence-corrected chi connectivity index (χ0v) is 20.6. The minimum atomic E-state index is 1.09. The van der Waals surface area contributed by atoms with Gasteiger partial charge in [-0.25, -0.2) is 0 Å². The van der Waals surface area contributed by atoms with Crippen LogP contribution >= 0.6 is 0 Å². The van der Waals surface area contributed by atoms with Crippen LogP contribution in [0.5, 0.6) is 0 Å². The van der Waals surface area contributed by atoms with E-state index in [1.165, 1.54) is 83.5 Å². The molecule has 29 heavy (non-hydrogen) atoms. The van der Waals surface area contributed by atoms with Crippen LogP contribution in [0.3, 0.4) is 0 Å². The van der Waals surface area contributed by atoms with Gasteiger partial charge in [0.2, 0.25) is 0 Å². The summed E-state index contributed by atoms with van der Waals surface area (Å²) in [5.74, 6) is 4.39. The van der Waals surface area contributed by atoms with Crippen molar-refractivity contribution in [2.45, 2.75) is 162 Å². The third kappa shape index (κ3) is 11.3. The second kappa shape index (κ2) is 16.7. The van der Waals surface area contributed by atoms with Crippen LogP contribution in [-0.2, 0) is 0 Å². The molecule has 0 aliphatic heterocycles. The Labute approximate surface area is 185 Å². The van der Waals surface area contributed by atoms with Crippen LogP contribution < -0.4 is 0 Å². The van der Waals surface area contributed by atoms with Gasteiger partial charge in [-0.2, -0.15) is 0 Å². The van der Waals surface area contributed by atoms with E-state index in [-0.39, 0.29) is 0 Å². The summed E-state index contributed by atoms with van der Waals surface area (Å²) in [6, 6.07) is 0. The highest BCUT2D eigenvalue weighted by Gasteiger charge is 2.30. The van der Waals surface area contributed by atoms with Gasteiger partial charge >= 0.3 is 0 Å². The van der Waals surface area contributed by atoms with Crippen LogP contribution in [0.4, 0.5) is 0 Å². The van der Waals surface area contributed by atoms with Gasteiger partial charge < -0.3 is 0 Å². The second-order valence-electron chi connectivity index (χ2n) is 11.0. The van der Waals surface area contributed by atoms with Crippen molar-refractivity contribution in [1.29, 1.82) is 0 Å². The second-order valence-corrected chi connectivity index (χ2v) is 11.0. The van der Waals surface area contributed by atoms with Crippen LogP contribution in [0.2, 0.25) is 0 Å². The van der Waals surface area contributed by atoms with Crippen molar-refractivity contribution in [2.24, 2.45) is 23.7 Å².